The fourth-order valence-electron chi connectivity index (χ4n) is 3.32. The minimum absolute atomic E-state index is 0.0636. The molecule has 150 valence electrons. The molecule has 2 saturated heterocycles. The average molecular weight is 426 g/mol. The van der Waals surface area contributed by atoms with Crippen LogP contribution in [0.25, 0.3) is 11.0 Å². The number of phenolic OH excluding ortho intramolecular Hbond substituents is 1. The monoisotopic (exact) mass is 426 g/mol. The highest BCUT2D eigenvalue weighted by Gasteiger charge is 2.32. The van der Waals surface area contributed by atoms with Gasteiger partial charge in [-0.05, 0) is 18.6 Å². The van der Waals surface area contributed by atoms with E-state index in [1.54, 1.807) is 11.9 Å². The lowest BCUT2D eigenvalue weighted by Gasteiger charge is -2.17. The van der Waals surface area contributed by atoms with Gasteiger partial charge in [-0.2, -0.15) is 0 Å². The minimum Gasteiger partial charge on any atom is -0.506 e. The van der Waals surface area contributed by atoms with Gasteiger partial charge in [-0.15, -0.1) is 0 Å². The van der Waals surface area contributed by atoms with E-state index >= 15 is 4.39 Å². The third-order valence-corrected chi connectivity index (χ3v) is 6.71. The Labute approximate surface area is 167 Å². The molecule has 2 unspecified atom stereocenters. The fraction of sp³-hybridized carbons (Fsp3) is 0.438. The molecule has 0 saturated carbocycles. The third-order valence-electron chi connectivity index (χ3n) is 4.75. The lowest BCUT2D eigenvalue weighted by molar-refractivity contribution is -0.117. The Bertz CT molecular complexity index is 962. The summed E-state index contributed by atoms with van der Waals surface area (Å²) in [4.78, 5) is 19.9. The maximum atomic E-state index is 15.1. The number of hydrogen-bond acceptors (Lipinski definition) is 8. The van der Waals surface area contributed by atoms with Crippen molar-refractivity contribution < 1.29 is 18.5 Å². The van der Waals surface area contributed by atoms with Crippen molar-refractivity contribution in [1.82, 2.24) is 19.0 Å². The molecule has 0 spiro atoms. The number of halogens is 1. The van der Waals surface area contributed by atoms with E-state index < -0.39 is 28.6 Å². The summed E-state index contributed by atoms with van der Waals surface area (Å²) in [6.45, 7) is 2.39. The molecular formula is C16H19FN6O3S2. The van der Waals surface area contributed by atoms with Gasteiger partial charge in [0.05, 0.1) is 11.7 Å². The molecule has 28 heavy (non-hydrogen) atoms. The van der Waals surface area contributed by atoms with E-state index in [9.17, 15) is 14.1 Å². The van der Waals surface area contributed by atoms with Crippen molar-refractivity contribution in [2.75, 3.05) is 42.1 Å². The molecule has 2 aliphatic rings. The number of carbonyl (C=O) groups is 1. The Morgan fingerprint density at radius 2 is 2.36 bits per heavy atom. The standard InChI is InChI=1S/C16H19FN6O3S2/c1-27-22-3-2-9(7-22)5-19-12-6-18-10-4-11(24)16(14(17)15(10)20-12)23-8-13(25)21-28(23)26/h4,6,9,24H,2-3,5,7-8H2,1H3,(H,19,20)(H,21,25). The van der Waals surface area contributed by atoms with Gasteiger partial charge in [-0.25, -0.2) is 13.6 Å². The van der Waals surface area contributed by atoms with Crippen LogP contribution in [0.2, 0.25) is 0 Å². The van der Waals surface area contributed by atoms with Gasteiger partial charge in [0, 0.05) is 25.7 Å². The van der Waals surface area contributed by atoms with Crippen LogP contribution >= 0.6 is 11.9 Å². The van der Waals surface area contributed by atoms with Crippen molar-refractivity contribution in [1.29, 1.82) is 0 Å². The molecular weight excluding hydrogens is 407 g/mol. The number of aromatic nitrogens is 2. The molecule has 2 aromatic rings. The molecule has 1 aromatic heterocycles. The predicted octanol–water partition coefficient (Wildman–Crippen LogP) is 1.00. The van der Waals surface area contributed by atoms with Gasteiger partial charge < -0.3 is 10.4 Å². The Hall–Kier alpha value is -2.18. The minimum atomic E-state index is -1.96. The van der Waals surface area contributed by atoms with Crippen molar-refractivity contribution >= 4 is 51.6 Å². The summed E-state index contributed by atoms with van der Waals surface area (Å²) in [5, 5.41) is 13.4. The van der Waals surface area contributed by atoms with Crippen LogP contribution in [-0.2, 0) is 16.0 Å². The topological polar surface area (TPSA) is 111 Å². The van der Waals surface area contributed by atoms with E-state index in [0.717, 1.165) is 23.8 Å². The summed E-state index contributed by atoms with van der Waals surface area (Å²) in [6.07, 6.45) is 4.61. The molecule has 2 fully saturated rings. The van der Waals surface area contributed by atoms with Crippen LogP contribution < -0.4 is 14.3 Å². The van der Waals surface area contributed by atoms with Gasteiger partial charge in [0.15, 0.2) is 5.82 Å². The molecule has 2 atom stereocenters. The first-order valence-electron chi connectivity index (χ1n) is 8.66. The number of nitrogens with zero attached hydrogens (tertiary/aromatic N) is 4. The Kier molecular flexibility index (Phi) is 5.25. The van der Waals surface area contributed by atoms with Gasteiger partial charge in [-0.3, -0.25) is 23.1 Å². The number of anilines is 2. The van der Waals surface area contributed by atoms with E-state index in [1.165, 1.54) is 12.3 Å². The number of fused-ring (bicyclic) bond motifs is 1. The lowest BCUT2D eigenvalue weighted by Crippen LogP contribution is -2.23. The van der Waals surface area contributed by atoms with Gasteiger partial charge in [-0.1, -0.05) is 11.9 Å². The van der Waals surface area contributed by atoms with Crippen LogP contribution in [0.15, 0.2) is 12.3 Å². The van der Waals surface area contributed by atoms with Crippen LogP contribution in [-0.4, -0.2) is 61.9 Å². The lowest BCUT2D eigenvalue weighted by atomic mass is 10.1. The van der Waals surface area contributed by atoms with E-state index in [4.69, 9.17) is 0 Å². The predicted molar refractivity (Wildman–Crippen MR) is 106 cm³/mol. The number of nitrogens with one attached hydrogen (secondary N) is 2. The van der Waals surface area contributed by atoms with E-state index in [-0.39, 0.29) is 23.3 Å². The molecule has 9 nitrogen and oxygen atoms in total. The first kappa shape index (κ1) is 19.2. The normalized spacial score (nSPS) is 22.8. The SMILES string of the molecule is CSN1CCC(CNc2cnc3cc(O)c(N4CC(=O)NS4=O)c(F)c3n2)C1. The number of hydrogen-bond donors (Lipinski definition) is 3. The Morgan fingerprint density at radius 1 is 1.54 bits per heavy atom. The maximum absolute atomic E-state index is 15.1. The molecule has 2 aliphatic heterocycles. The summed E-state index contributed by atoms with van der Waals surface area (Å²) < 4.78 is 32.5. The van der Waals surface area contributed by atoms with E-state index in [1.807, 2.05) is 0 Å². The molecule has 4 rings (SSSR count). The first-order chi connectivity index (χ1) is 13.5. The second kappa shape index (κ2) is 7.68. The van der Waals surface area contributed by atoms with Crippen LogP contribution in [0.5, 0.6) is 5.75 Å². The van der Waals surface area contributed by atoms with Crippen molar-refractivity contribution in [3.63, 3.8) is 0 Å². The van der Waals surface area contributed by atoms with Gasteiger partial charge in [0.2, 0.25) is 11.2 Å². The van der Waals surface area contributed by atoms with Crippen molar-refractivity contribution in [3.8, 4) is 5.75 Å². The summed E-state index contributed by atoms with van der Waals surface area (Å²) in [5.74, 6) is -0.954. The molecule has 1 amide bonds. The second-order valence-electron chi connectivity index (χ2n) is 6.60. The average Bonchev–Trinajstić information content (AvgIpc) is 3.26. The van der Waals surface area contributed by atoms with Crippen LogP contribution in [0.3, 0.4) is 0 Å². The summed E-state index contributed by atoms with van der Waals surface area (Å²) in [5.41, 5.74) is -0.226. The Morgan fingerprint density at radius 3 is 3.04 bits per heavy atom. The summed E-state index contributed by atoms with van der Waals surface area (Å²) in [6, 6.07) is 1.25. The van der Waals surface area contributed by atoms with Crippen LogP contribution in [0.4, 0.5) is 15.9 Å². The zero-order valence-corrected chi connectivity index (χ0v) is 16.6. The number of carbonyl (C=O) groups excluding carboxylic acids is 1. The molecule has 0 bridgehead atoms. The third kappa shape index (κ3) is 3.59. The number of phenols is 1. The number of amides is 1. The number of aromatic hydroxyl groups is 1. The molecule has 3 N–H and O–H groups in total. The molecule has 1 aromatic carbocycles. The highest BCUT2D eigenvalue weighted by atomic mass is 32.2. The summed E-state index contributed by atoms with van der Waals surface area (Å²) >= 11 is -0.234. The maximum Gasteiger partial charge on any atom is 0.253 e. The van der Waals surface area contributed by atoms with Gasteiger partial charge >= 0.3 is 0 Å². The highest BCUT2D eigenvalue weighted by molar-refractivity contribution is 7.96. The van der Waals surface area contributed by atoms with Crippen molar-refractivity contribution in [3.05, 3.63) is 18.1 Å². The first-order valence-corrected chi connectivity index (χ1v) is 10.9. The second-order valence-corrected chi connectivity index (χ2v) is 8.62. The van der Waals surface area contributed by atoms with Crippen LogP contribution in [0, 0.1) is 11.7 Å². The highest BCUT2D eigenvalue weighted by Crippen LogP contribution is 2.36. The van der Waals surface area contributed by atoms with E-state index in [0.29, 0.717) is 18.3 Å². The fourth-order valence-corrected chi connectivity index (χ4v) is 4.92. The van der Waals surface area contributed by atoms with Crippen molar-refractivity contribution in [2.24, 2.45) is 5.92 Å². The summed E-state index contributed by atoms with van der Waals surface area (Å²) in [7, 11) is 0. The molecule has 12 heteroatoms. The van der Waals surface area contributed by atoms with Gasteiger partial charge in [0.25, 0.3) is 5.91 Å². The number of rotatable bonds is 5. The zero-order chi connectivity index (χ0) is 19.8. The largest absolute Gasteiger partial charge is 0.506 e. The molecule has 0 aliphatic carbocycles. The molecule has 3 heterocycles. The quantitative estimate of drug-likeness (QED) is 0.608. The Balaban J connectivity index is 1.60. The zero-order valence-electron chi connectivity index (χ0n) is 15.0. The van der Waals surface area contributed by atoms with Crippen LogP contribution in [0.1, 0.15) is 6.42 Å². The number of benzene rings is 1. The molecule has 0 radical (unpaired) electrons. The van der Waals surface area contributed by atoms with Gasteiger partial charge in [0.1, 0.15) is 29.3 Å². The smallest absolute Gasteiger partial charge is 0.253 e. The van der Waals surface area contributed by atoms with E-state index in [2.05, 4.69) is 30.6 Å². The van der Waals surface area contributed by atoms with Crippen molar-refractivity contribution in [2.45, 2.75) is 6.42 Å².